The molecule has 0 amide bonds. The van der Waals surface area contributed by atoms with Gasteiger partial charge in [0.15, 0.2) is 0 Å². The largest absolute Gasteiger partial charge is 0.496 e. The van der Waals surface area contributed by atoms with Crippen LogP contribution in [0, 0.1) is 3.57 Å². The number of hydrogen-bond donors (Lipinski definition) is 1. The Morgan fingerprint density at radius 1 is 1.45 bits per heavy atom. The predicted molar refractivity (Wildman–Crippen MR) is 88.6 cm³/mol. The summed E-state index contributed by atoms with van der Waals surface area (Å²) in [7, 11) is 1.56. The van der Waals surface area contributed by atoms with Crippen LogP contribution in [0.15, 0.2) is 23.0 Å². The molecule has 0 fully saturated rings. The molecule has 0 bridgehead atoms. The molecule has 1 aromatic heterocycles. The van der Waals surface area contributed by atoms with E-state index in [1.165, 1.54) is 0 Å². The number of benzene rings is 1. The highest BCUT2D eigenvalue weighted by atomic mass is 127. The quantitative estimate of drug-likeness (QED) is 0.791. The minimum Gasteiger partial charge on any atom is -0.496 e. The van der Waals surface area contributed by atoms with Gasteiger partial charge in [-0.3, -0.25) is 4.79 Å². The standard InChI is InChI=1S/C14H14ClIN2O2/c1-3-4-10-12(16)14(19)18-13(17-10)9-6-5-8(15)7-11(9)20-2/h5-7H,3-4H2,1-2H3,(H,17,18,19). The number of methoxy groups -OCH3 is 1. The van der Waals surface area contributed by atoms with Crippen molar-refractivity contribution < 1.29 is 4.74 Å². The van der Waals surface area contributed by atoms with E-state index in [2.05, 4.69) is 16.9 Å². The Balaban J connectivity index is 2.61. The van der Waals surface area contributed by atoms with Gasteiger partial charge in [-0.25, -0.2) is 4.98 Å². The third kappa shape index (κ3) is 3.15. The first-order valence-electron chi connectivity index (χ1n) is 6.19. The minimum atomic E-state index is -0.129. The second-order valence-corrected chi connectivity index (χ2v) is 5.79. The highest BCUT2D eigenvalue weighted by Crippen LogP contribution is 2.30. The van der Waals surface area contributed by atoms with Crippen molar-refractivity contribution in [2.75, 3.05) is 7.11 Å². The van der Waals surface area contributed by atoms with Gasteiger partial charge in [-0.2, -0.15) is 0 Å². The zero-order chi connectivity index (χ0) is 14.7. The summed E-state index contributed by atoms with van der Waals surface area (Å²) < 4.78 is 5.94. The monoisotopic (exact) mass is 404 g/mol. The fraction of sp³-hybridized carbons (Fsp3) is 0.286. The topological polar surface area (TPSA) is 55.0 Å². The van der Waals surface area contributed by atoms with E-state index in [1.54, 1.807) is 25.3 Å². The molecule has 106 valence electrons. The number of aromatic amines is 1. The molecule has 0 aliphatic rings. The van der Waals surface area contributed by atoms with E-state index in [1.807, 2.05) is 22.6 Å². The zero-order valence-electron chi connectivity index (χ0n) is 11.2. The summed E-state index contributed by atoms with van der Waals surface area (Å²) in [5.41, 5.74) is 1.41. The lowest BCUT2D eigenvalue weighted by Crippen LogP contribution is -2.16. The van der Waals surface area contributed by atoms with Crippen LogP contribution in [0.4, 0.5) is 0 Å². The number of aryl methyl sites for hydroxylation is 1. The number of nitrogens with one attached hydrogen (secondary N) is 1. The number of aromatic nitrogens is 2. The Morgan fingerprint density at radius 2 is 2.20 bits per heavy atom. The van der Waals surface area contributed by atoms with Gasteiger partial charge in [-0.1, -0.05) is 24.9 Å². The van der Waals surface area contributed by atoms with E-state index < -0.39 is 0 Å². The Bertz CT molecular complexity index is 685. The molecular weight excluding hydrogens is 391 g/mol. The smallest absolute Gasteiger partial charge is 0.264 e. The highest BCUT2D eigenvalue weighted by molar-refractivity contribution is 14.1. The maximum absolute atomic E-state index is 12.0. The van der Waals surface area contributed by atoms with Gasteiger partial charge in [-0.15, -0.1) is 0 Å². The van der Waals surface area contributed by atoms with Crippen LogP contribution in [-0.4, -0.2) is 17.1 Å². The van der Waals surface area contributed by atoms with E-state index in [0.29, 0.717) is 20.2 Å². The molecule has 0 aliphatic carbocycles. The molecule has 0 aliphatic heterocycles. The molecule has 20 heavy (non-hydrogen) atoms. The second-order valence-electron chi connectivity index (χ2n) is 4.27. The Morgan fingerprint density at radius 3 is 2.85 bits per heavy atom. The Kier molecular flexibility index (Phi) is 5.04. The summed E-state index contributed by atoms with van der Waals surface area (Å²) in [4.78, 5) is 19.3. The van der Waals surface area contributed by atoms with Gasteiger partial charge in [0, 0.05) is 5.02 Å². The van der Waals surface area contributed by atoms with Crippen molar-refractivity contribution in [3.05, 3.63) is 42.8 Å². The van der Waals surface area contributed by atoms with Crippen LogP contribution >= 0.6 is 34.2 Å². The van der Waals surface area contributed by atoms with Gasteiger partial charge in [0.1, 0.15) is 11.6 Å². The van der Waals surface area contributed by atoms with Crippen LogP contribution in [0.25, 0.3) is 11.4 Å². The molecule has 0 atom stereocenters. The molecule has 0 spiro atoms. The highest BCUT2D eigenvalue weighted by Gasteiger charge is 2.13. The maximum atomic E-state index is 12.0. The van der Waals surface area contributed by atoms with Gasteiger partial charge in [0.25, 0.3) is 5.56 Å². The van der Waals surface area contributed by atoms with Crippen LogP contribution in [0.2, 0.25) is 5.02 Å². The van der Waals surface area contributed by atoms with Gasteiger partial charge < -0.3 is 9.72 Å². The number of halogens is 2. The fourth-order valence-corrected chi connectivity index (χ4v) is 2.58. The number of H-pyrrole nitrogens is 1. The summed E-state index contributed by atoms with van der Waals surface area (Å²) in [6, 6.07) is 5.24. The summed E-state index contributed by atoms with van der Waals surface area (Å²) >= 11 is 7.98. The molecule has 0 unspecified atom stereocenters. The van der Waals surface area contributed by atoms with Gasteiger partial charge >= 0.3 is 0 Å². The van der Waals surface area contributed by atoms with E-state index in [-0.39, 0.29) is 5.56 Å². The Hall–Kier alpha value is -1.08. The number of rotatable bonds is 4. The zero-order valence-corrected chi connectivity index (χ0v) is 14.1. The molecule has 4 nitrogen and oxygen atoms in total. The van der Waals surface area contributed by atoms with Crippen molar-refractivity contribution in [2.24, 2.45) is 0 Å². The van der Waals surface area contributed by atoms with Crippen molar-refractivity contribution in [2.45, 2.75) is 19.8 Å². The minimum absolute atomic E-state index is 0.129. The maximum Gasteiger partial charge on any atom is 0.264 e. The van der Waals surface area contributed by atoms with E-state index in [4.69, 9.17) is 16.3 Å². The third-order valence-corrected chi connectivity index (χ3v) is 4.18. The first-order valence-corrected chi connectivity index (χ1v) is 7.65. The van der Waals surface area contributed by atoms with E-state index >= 15 is 0 Å². The molecule has 0 saturated heterocycles. The van der Waals surface area contributed by atoms with Gasteiger partial charge in [0.05, 0.1) is 21.9 Å². The first kappa shape index (κ1) is 15.3. The lowest BCUT2D eigenvalue weighted by atomic mass is 10.1. The normalized spacial score (nSPS) is 10.6. The van der Waals surface area contributed by atoms with Crippen LogP contribution in [0.1, 0.15) is 19.0 Å². The summed E-state index contributed by atoms with van der Waals surface area (Å²) in [6.45, 7) is 2.06. The molecule has 0 radical (unpaired) electrons. The van der Waals surface area contributed by atoms with E-state index in [9.17, 15) is 4.79 Å². The molecule has 2 rings (SSSR count). The van der Waals surface area contributed by atoms with Crippen molar-refractivity contribution >= 4 is 34.2 Å². The lowest BCUT2D eigenvalue weighted by Gasteiger charge is -2.10. The molecule has 1 aromatic carbocycles. The van der Waals surface area contributed by atoms with Crippen LogP contribution in [-0.2, 0) is 6.42 Å². The van der Waals surface area contributed by atoms with Gasteiger partial charge in [0.2, 0.25) is 0 Å². The number of ether oxygens (including phenoxy) is 1. The average Bonchev–Trinajstić information content (AvgIpc) is 2.43. The van der Waals surface area contributed by atoms with Crippen molar-refractivity contribution in [1.82, 2.24) is 9.97 Å². The van der Waals surface area contributed by atoms with Crippen molar-refractivity contribution in [3.63, 3.8) is 0 Å². The van der Waals surface area contributed by atoms with Crippen molar-refractivity contribution in [1.29, 1.82) is 0 Å². The summed E-state index contributed by atoms with van der Waals surface area (Å²) in [6.07, 6.45) is 1.70. The van der Waals surface area contributed by atoms with Gasteiger partial charge in [-0.05, 0) is 47.2 Å². The van der Waals surface area contributed by atoms with Crippen LogP contribution in [0.5, 0.6) is 5.75 Å². The predicted octanol–water partition coefficient (Wildman–Crippen LogP) is 3.66. The SMILES string of the molecule is CCCc1nc(-c2ccc(Cl)cc2OC)[nH]c(=O)c1I. The second kappa shape index (κ2) is 6.58. The lowest BCUT2D eigenvalue weighted by molar-refractivity contribution is 0.416. The Labute approximate surface area is 135 Å². The molecular formula is C14H14ClIN2O2. The molecule has 6 heteroatoms. The molecule has 1 heterocycles. The first-order chi connectivity index (χ1) is 9.56. The molecule has 0 saturated carbocycles. The molecule has 2 aromatic rings. The molecule has 1 N–H and O–H groups in total. The van der Waals surface area contributed by atoms with Crippen molar-refractivity contribution in [3.8, 4) is 17.1 Å². The summed E-state index contributed by atoms with van der Waals surface area (Å²) in [5, 5.41) is 0.576. The number of hydrogen-bond acceptors (Lipinski definition) is 3. The van der Waals surface area contributed by atoms with E-state index in [0.717, 1.165) is 24.1 Å². The number of nitrogens with zero attached hydrogens (tertiary/aromatic N) is 1. The summed E-state index contributed by atoms with van der Waals surface area (Å²) in [5.74, 6) is 1.09. The average molecular weight is 405 g/mol. The van der Waals surface area contributed by atoms with Crippen LogP contribution in [0.3, 0.4) is 0 Å². The third-order valence-electron chi connectivity index (χ3n) is 2.84. The fourth-order valence-electron chi connectivity index (χ4n) is 1.90. The van der Waals surface area contributed by atoms with Crippen LogP contribution < -0.4 is 10.3 Å².